The molecular formula is C19H17FN2O3S2. The normalized spacial score (nSPS) is 11.2. The van der Waals surface area contributed by atoms with Gasteiger partial charge in [0.15, 0.2) is 0 Å². The third-order valence-electron chi connectivity index (χ3n) is 3.95. The van der Waals surface area contributed by atoms with E-state index in [0.29, 0.717) is 16.8 Å². The number of nitrogens with zero attached hydrogens (tertiary/aromatic N) is 1. The van der Waals surface area contributed by atoms with Crippen molar-refractivity contribution in [2.45, 2.75) is 10.8 Å². The van der Waals surface area contributed by atoms with Crippen LogP contribution in [-0.4, -0.2) is 21.4 Å². The van der Waals surface area contributed by atoms with Crippen LogP contribution in [0.5, 0.6) is 0 Å². The van der Waals surface area contributed by atoms with E-state index in [0.717, 1.165) is 11.3 Å². The molecule has 0 fully saturated rings. The summed E-state index contributed by atoms with van der Waals surface area (Å²) >= 11 is 1.15. The molecule has 0 radical (unpaired) electrons. The van der Waals surface area contributed by atoms with E-state index in [9.17, 15) is 17.6 Å². The summed E-state index contributed by atoms with van der Waals surface area (Å²) in [6, 6.07) is 15.5. The molecule has 0 unspecified atom stereocenters. The molecule has 0 spiro atoms. The average molecular weight is 404 g/mol. The second kappa shape index (κ2) is 7.89. The SMILES string of the molecule is CN(c1ccc(C(=O)NCc2cccc(F)c2)cc1)S(=O)(=O)c1cccs1. The van der Waals surface area contributed by atoms with Gasteiger partial charge in [-0.15, -0.1) is 11.3 Å². The van der Waals surface area contributed by atoms with Crippen molar-refractivity contribution in [1.29, 1.82) is 0 Å². The van der Waals surface area contributed by atoms with Crippen molar-refractivity contribution in [3.05, 3.63) is 83.0 Å². The molecule has 0 saturated heterocycles. The Bertz CT molecular complexity index is 1030. The monoisotopic (exact) mass is 404 g/mol. The van der Waals surface area contributed by atoms with Gasteiger partial charge >= 0.3 is 0 Å². The number of amides is 1. The molecule has 0 aliphatic carbocycles. The maximum atomic E-state index is 13.2. The average Bonchev–Trinajstić information content (AvgIpc) is 3.21. The van der Waals surface area contributed by atoms with Crippen LogP contribution in [-0.2, 0) is 16.6 Å². The van der Waals surface area contributed by atoms with Gasteiger partial charge in [0.05, 0.1) is 5.69 Å². The predicted octanol–water partition coefficient (Wildman–Crippen LogP) is 3.64. The van der Waals surface area contributed by atoms with Crippen molar-refractivity contribution in [3.63, 3.8) is 0 Å². The summed E-state index contributed by atoms with van der Waals surface area (Å²) in [5, 5.41) is 4.41. The van der Waals surface area contributed by atoms with Crippen molar-refractivity contribution in [2.75, 3.05) is 11.4 Å². The zero-order valence-electron chi connectivity index (χ0n) is 14.4. The first-order chi connectivity index (χ1) is 12.9. The minimum atomic E-state index is -3.62. The van der Waals surface area contributed by atoms with Crippen molar-refractivity contribution in [3.8, 4) is 0 Å². The van der Waals surface area contributed by atoms with E-state index in [2.05, 4.69) is 5.32 Å². The third kappa shape index (κ3) is 4.35. The zero-order valence-corrected chi connectivity index (χ0v) is 16.1. The summed E-state index contributed by atoms with van der Waals surface area (Å²) in [7, 11) is -2.15. The number of rotatable bonds is 6. The lowest BCUT2D eigenvalue weighted by atomic mass is 10.1. The number of halogens is 1. The first-order valence-corrected chi connectivity index (χ1v) is 10.3. The fourth-order valence-electron chi connectivity index (χ4n) is 2.44. The van der Waals surface area contributed by atoms with Crippen LogP contribution in [0.3, 0.4) is 0 Å². The number of nitrogens with one attached hydrogen (secondary N) is 1. The molecule has 0 aliphatic rings. The van der Waals surface area contributed by atoms with Gasteiger partial charge in [0, 0.05) is 19.2 Å². The zero-order chi connectivity index (χ0) is 19.4. The number of anilines is 1. The van der Waals surface area contributed by atoms with Gasteiger partial charge in [0.2, 0.25) is 0 Å². The van der Waals surface area contributed by atoms with Crippen LogP contribution in [0, 0.1) is 5.82 Å². The van der Waals surface area contributed by atoms with E-state index >= 15 is 0 Å². The van der Waals surface area contributed by atoms with E-state index < -0.39 is 10.0 Å². The first kappa shape index (κ1) is 19.1. The molecule has 5 nitrogen and oxygen atoms in total. The van der Waals surface area contributed by atoms with Crippen LogP contribution < -0.4 is 9.62 Å². The van der Waals surface area contributed by atoms with E-state index in [1.54, 1.807) is 53.9 Å². The Labute approximate surface area is 161 Å². The molecule has 27 heavy (non-hydrogen) atoms. The Morgan fingerprint density at radius 3 is 2.48 bits per heavy atom. The molecule has 1 N–H and O–H groups in total. The second-order valence-corrected chi connectivity index (χ2v) is 8.91. The molecule has 0 atom stereocenters. The Morgan fingerprint density at radius 1 is 1.11 bits per heavy atom. The number of carbonyl (C=O) groups excluding carboxylic acids is 1. The summed E-state index contributed by atoms with van der Waals surface area (Å²) in [5.41, 5.74) is 1.49. The first-order valence-electron chi connectivity index (χ1n) is 8.03. The lowest BCUT2D eigenvalue weighted by molar-refractivity contribution is 0.0951. The molecule has 2 aromatic carbocycles. The standard InChI is InChI=1S/C19H17FN2O3S2/c1-22(27(24,25)18-6-3-11-26-18)17-9-7-15(8-10-17)19(23)21-13-14-4-2-5-16(20)12-14/h2-12H,13H2,1H3,(H,21,23). The smallest absolute Gasteiger partial charge is 0.273 e. The molecule has 0 saturated carbocycles. The number of hydrogen-bond donors (Lipinski definition) is 1. The van der Waals surface area contributed by atoms with E-state index in [1.807, 2.05) is 0 Å². The van der Waals surface area contributed by atoms with Gasteiger partial charge in [-0.3, -0.25) is 9.10 Å². The van der Waals surface area contributed by atoms with Crippen molar-refractivity contribution < 1.29 is 17.6 Å². The van der Waals surface area contributed by atoms with Gasteiger partial charge in [-0.2, -0.15) is 0 Å². The van der Waals surface area contributed by atoms with Gasteiger partial charge in [-0.25, -0.2) is 12.8 Å². The Kier molecular flexibility index (Phi) is 5.57. The summed E-state index contributed by atoms with van der Waals surface area (Å²) < 4.78 is 39.6. The van der Waals surface area contributed by atoms with E-state index in [4.69, 9.17) is 0 Å². The second-order valence-electron chi connectivity index (χ2n) is 5.76. The quantitative estimate of drug-likeness (QED) is 0.682. The highest BCUT2D eigenvalue weighted by Crippen LogP contribution is 2.25. The van der Waals surface area contributed by atoms with Gasteiger partial charge in [0.25, 0.3) is 15.9 Å². The van der Waals surface area contributed by atoms with Crippen LogP contribution in [0.25, 0.3) is 0 Å². The fraction of sp³-hybridized carbons (Fsp3) is 0.105. The summed E-state index contributed by atoms with van der Waals surface area (Å²) in [4.78, 5) is 12.2. The number of benzene rings is 2. The number of carbonyl (C=O) groups is 1. The van der Waals surface area contributed by atoms with E-state index in [1.165, 1.54) is 23.5 Å². The number of thiophene rings is 1. The van der Waals surface area contributed by atoms with Crippen LogP contribution in [0.2, 0.25) is 0 Å². The molecule has 1 heterocycles. The molecular weight excluding hydrogens is 387 g/mol. The molecule has 1 amide bonds. The maximum Gasteiger partial charge on any atom is 0.273 e. The van der Waals surface area contributed by atoms with Crippen molar-refractivity contribution in [2.24, 2.45) is 0 Å². The minimum Gasteiger partial charge on any atom is -0.348 e. The van der Waals surface area contributed by atoms with Crippen LogP contribution >= 0.6 is 11.3 Å². The Hall–Kier alpha value is -2.71. The maximum absolute atomic E-state index is 13.2. The molecule has 8 heteroatoms. The fourth-order valence-corrected chi connectivity index (χ4v) is 4.79. The topological polar surface area (TPSA) is 66.5 Å². The number of hydrogen-bond acceptors (Lipinski definition) is 4. The van der Waals surface area contributed by atoms with Crippen molar-refractivity contribution >= 4 is 33.0 Å². The van der Waals surface area contributed by atoms with Crippen molar-refractivity contribution in [1.82, 2.24) is 5.32 Å². The van der Waals surface area contributed by atoms with Crippen LogP contribution in [0.15, 0.2) is 70.3 Å². The van der Waals surface area contributed by atoms with Gasteiger partial charge in [-0.1, -0.05) is 18.2 Å². The molecule has 3 aromatic rings. The number of sulfonamides is 1. The molecule has 3 rings (SSSR count). The minimum absolute atomic E-state index is 0.199. The molecule has 0 bridgehead atoms. The highest BCUT2D eigenvalue weighted by atomic mass is 32.2. The molecule has 140 valence electrons. The van der Waals surface area contributed by atoms with Crippen LogP contribution in [0.1, 0.15) is 15.9 Å². The summed E-state index contributed by atoms with van der Waals surface area (Å²) in [5.74, 6) is -0.685. The van der Waals surface area contributed by atoms with Gasteiger partial charge in [0.1, 0.15) is 10.0 Å². The van der Waals surface area contributed by atoms with Gasteiger partial charge in [-0.05, 0) is 53.4 Å². The predicted molar refractivity (Wildman–Crippen MR) is 104 cm³/mol. The molecule has 1 aromatic heterocycles. The molecule has 0 aliphatic heterocycles. The third-order valence-corrected chi connectivity index (χ3v) is 7.10. The van der Waals surface area contributed by atoms with Crippen LogP contribution in [0.4, 0.5) is 10.1 Å². The lowest BCUT2D eigenvalue weighted by Crippen LogP contribution is -2.26. The summed E-state index contributed by atoms with van der Waals surface area (Å²) in [6.07, 6.45) is 0. The highest BCUT2D eigenvalue weighted by molar-refractivity contribution is 7.94. The Balaban J connectivity index is 1.68. The highest BCUT2D eigenvalue weighted by Gasteiger charge is 2.22. The van der Waals surface area contributed by atoms with Gasteiger partial charge < -0.3 is 5.32 Å². The largest absolute Gasteiger partial charge is 0.348 e. The summed E-state index contributed by atoms with van der Waals surface area (Å²) in [6.45, 7) is 0.199. The Morgan fingerprint density at radius 2 is 1.85 bits per heavy atom. The lowest BCUT2D eigenvalue weighted by Gasteiger charge is -2.18. The van der Waals surface area contributed by atoms with E-state index in [-0.39, 0.29) is 22.5 Å².